The summed E-state index contributed by atoms with van der Waals surface area (Å²) in [4.78, 5) is 0. The fourth-order valence-corrected chi connectivity index (χ4v) is 2.35. The molecule has 0 bridgehead atoms. The van der Waals surface area contributed by atoms with Gasteiger partial charge in [0, 0.05) is 23.1 Å². The summed E-state index contributed by atoms with van der Waals surface area (Å²) in [5, 5.41) is 1.30. The van der Waals surface area contributed by atoms with Gasteiger partial charge in [-0.15, -0.1) is 0 Å². The van der Waals surface area contributed by atoms with Crippen molar-refractivity contribution in [2.24, 2.45) is 5.92 Å². The molecule has 1 nitrogen and oxygen atoms in total. The number of aromatic nitrogens is 1. The molecule has 0 radical (unpaired) electrons. The van der Waals surface area contributed by atoms with E-state index >= 15 is 0 Å². The topological polar surface area (TPSA) is 4.93 Å². The largest absolute Gasteiger partial charge is 0.341 e. The van der Waals surface area contributed by atoms with Crippen molar-refractivity contribution in [3.8, 4) is 0 Å². The van der Waals surface area contributed by atoms with Crippen LogP contribution in [0, 0.1) is 5.92 Å². The molecule has 3 rings (SSSR count). The third-order valence-electron chi connectivity index (χ3n) is 3.54. The van der Waals surface area contributed by atoms with Gasteiger partial charge < -0.3 is 4.57 Å². The minimum atomic E-state index is 0.872. The molecule has 1 saturated carbocycles. The van der Waals surface area contributed by atoms with Crippen LogP contribution >= 0.6 is 0 Å². The van der Waals surface area contributed by atoms with E-state index in [1.807, 2.05) is 12.2 Å². The van der Waals surface area contributed by atoms with Gasteiger partial charge in [-0.3, -0.25) is 0 Å². The van der Waals surface area contributed by atoms with E-state index in [1.165, 1.54) is 35.0 Å². The predicted molar refractivity (Wildman–Crippen MR) is 74.8 cm³/mol. The number of rotatable bonds is 4. The summed E-state index contributed by atoms with van der Waals surface area (Å²) in [5.41, 5.74) is 3.72. The summed E-state index contributed by atoms with van der Waals surface area (Å²) < 4.78 is 2.40. The molecule has 0 amide bonds. The number of hydrogen-bond acceptors (Lipinski definition) is 0. The van der Waals surface area contributed by atoms with Gasteiger partial charge in [0.1, 0.15) is 0 Å². The van der Waals surface area contributed by atoms with E-state index in [1.54, 1.807) is 0 Å². The van der Waals surface area contributed by atoms with Crippen LogP contribution in [0.1, 0.15) is 24.1 Å². The molecule has 1 aliphatic rings. The van der Waals surface area contributed by atoms with E-state index in [-0.39, 0.29) is 0 Å². The number of hydrogen-bond donors (Lipinski definition) is 0. The van der Waals surface area contributed by atoms with E-state index in [4.69, 9.17) is 0 Å². The first kappa shape index (κ1) is 10.4. The average Bonchev–Trinajstić information content (AvgIpc) is 3.11. The van der Waals surface area contributed by atoms with Gasteiger partial charge in [0.25, 0.3) is 0 Å². The lowest BCUT2D eigenvalue weighted by atomic mass is 10.1. The van der Waals surface area contributed by atoms with Gasteiger partial charge in [-0.05, 0) is 42.5 Å². The highest BCUT2D eigenvalue weighted by Gasteiger charge is 2.23. The van der Waals surface area contributed by atoms with Crippen molar-refractivity contribution in [3.05, 3.63) is 48.7 Å². The van der Waals surface area contributed by atoms with Gasteiger partial charge in [-0.1, -0.05) is 31.4 Å². The molecule has 0 unspecified atom stereocenters. The fourth-order valence-electron chi connectivity index (χ4n) is 2.35. The molecule has 0 saturated heterocycles. The highest BCUT2D eigenvalue weighted by Crippen LogP contribution is 2.33. The van der Waals surface area contributed by atoms with Gasteiger partial charge in [-0.2, -0.15) is 0 Å². The normalized spacial score (nSPS) is 15.1. The molecule has 0 spiro atoms. The summed E-state index contributed by atoms with van der Waals surface area (Å²) in [6, 6.07) is 8.72. The summed E-state index contributed by atoms with van der Waals surface area (Å²) in [6.45, 7) is 8.88. The monoisotopic (exact) mass is 223 g/mol. The SMILES string of the molecule is C=Cc1ccc2cc(C=C)n(CC3CC3)c2c1. The maximum absolute atomic E-state index is 3.92. The lowest BCUT2D eigenvalue weighted by molar-refractivity contribution is 0.643. The number of fused-ring (bicyclic) bond motifs is 1. The van der Waals surface area contributed by atoms with Crippen molar-refractivity contribution in [1.29, 1.82) is 0 Å². The second-order valence-electron chi connectivity index (χ2n) is 4.85. The quantitative estimate of drug-likeness (QED) is 0.726. The molecule has 1 heterocycles. The molecule has 17 heavy (non-hydrogen) atoms. The summed E-state index contributed by atoms with van der Waals surface area (Å²) in [5.74, 6) is 0.872. The van der Waals surface area contributed by atoms with Crippen molar-refractivity contribution >= 4 is 23.1 Å². The molecular weight excluding hydrogens is 206 g/mol. The molecule has 1 aromatic heterocycles. The van der Waals surface area contributed by atoms with Crippen molar-refractivity contribution in [3.63, 3.8) is 0 Å². The summed E-state index contributed by atoms with van der Waals surface area (Å²) in [7, 11) is 0. The third kappa shape index (κ3) is 1.82. The Hall–Kier alpha value is -1.76. The van der Waals surface area contributed by atoms with Gasteiger partial charge >= 0.3 is 0 Å². The minimum Gasteiger partial charge on any atom is -0.341 e. The highest BCUT2D eigenvalue weighted by atomic mass is 15.0. The maximum Gasteiger partial charge on any atom is 0.0491 e. The molecule has 1 aromatic carbocycles. The average molecular weight is 223 g/mol. The molecule has 86 valence electrons. The van der Waals surface area contributed by atoms with E-state index < -0.39 is 0 Å². The van der Waals surface area contributed by atoms with Crippen LogP contribution in [0.5, 0.6) is 0 Å². The Kier molecular flexibility index (Phi) is 2.40. The standard InChI is InChI=1S/C16H17N/c1-3-12-7-8-14-10-15(4-2)17(16(14)9-12)11-13-5-6-13/h3-4,7-10,13H,1-2,5-6,11H2. The smallest absolute Gasteiger partial charge is 0.0491 e. The molecular formula is C16H17N. The van der Waals surface area contributed by atoms with E-state index in [2.05, 4.69) is 42.0 Å². The van der Waals surface area contributed by atoms with E-state index in [9.17, 15) is 0 Å². The lowest BCUT2D eigenvalue weighted by Crippen LogP contribution is -2.01. The molecule has 0 N–H and O–H groups in total. The Bertz CT molecular complexity index is 585. The van der Waals surface area contributed by atoms with Crippen LogP contribution in [0.3, 0.4) is 0 Å². The van der Waals surface area contributed by atoms with Crippen molar-refractivity contribution in [2.75, 3.05) is 0 Å². The van der Waals surface area contributed by atoms with Gasteiger partial charge in [0.15, 0.2) is 0 Å². The Labute approximate surface area is 102 Å². The maximum atomic E-state index is 3.92. The number of benzene rings is 1. The molecule has 1 fully saturated rings. The zero-order valence-electron chi connectivity index (χ0n) is 10.0. The summed E-state index contributed by atoms with van der Waals surface area (Å²) >= 11 is 0. The van der Waals surface area contributed by atoms with Crippen molar-refractivity contribution in [1.82, 2.24) is 4.57 Å². The lowest BCUT2D eigenvalue weighted by Gasteiger charge is -2.07. The number of nitrogens with zero attached hydrogens (tertiary/aromatic N) is 1. The molecule has 1 aliphatic carbocycles. The van der Waals surface area contributed by atoms with Crippen molar-refractivity contribution in [2.45, 2.75) is 19.4 Å². The second-order valence-corrected chi connectivity index (χ2v) is 4.85. The highest BCUT2D eigenvalue weighted by molar-refractivity contribution is 5.85. The zero-order valence-corrected chi connectivity index (χ0v) is 10.0. The fraction of sp³-hybridized carbons (Fsp3) is 0.250. The van der Waals surface area contributed by atoms with Crippen LogP contribution in [-0.2, 0) is 6.54 Å². The first-order valence-electron chi connectivity index (χ1n) is 6.20. The summed E-state index contributed by atoms with van der Waals surface area (Å²) in [6.07, 6.45) is 6.60. The first-order valence-corrected chi connectivity index (χ1v) is 6.20. The van der Waals surface area contributed by atoms with Gasteiger partial charge in [0.2, 0.25) is 0 Å². The van der Waals surface area contributed by atoms with Gasteiger partial charge in [0.05, 0.1) is 0 Å². The van der Waals surface area contributed by atoms with Gasteiger partial charge in [-0.25, -0.2) is 0 Å². The van der Waals surface area contributed by atoms with Crippen molar-refractivity contribution < 1.29 is 0 Å². The molecule has 1 heteroatoms. The Morgan fingerprint density at radius 2 is 2.00 bits per heavy atom. The molecule has 0 aliphatic heterocycles. The van der Waals surface area contributed by atoms with Crippen LogP contribution in [0.4, 0.5) is 0 Å². The van der Waals surface area contributed by atoms with Crippen LogP contribution in [0.15, 0.2) is 37.4 Å². The minimum absolute atomic E-state index is 0.872. The Morgan fingerprint density at radius 1 is 1.18 bits per heavy atom. The predicted octanol–water partition coefficient (Wildman–Crippen LogP) is 4.34. The van der Waals surface area contributed by atoms with Crippen LogP contribution in [0.25, 0.3) is 23.1 Å². The van der Waals surface area contributed by atoms with Crippen LogP contribution < -0.4 is 0 Å². The van der Waals surface area contributed by atoms with Crippen LogP contribution in [-0.4, -0.2) is 4.57 Å². The zero-order chi connectivity index (χ0) is 11.8. The van der Waals surface area contributed by atoms with E-state index in [0.29, 0.717) is 0 Å². The Morgan fingerprint density at radius 3 is 2.65 bits per heavy atom. The molecule has 0 atom stereocenters. The Balaban J connectivity index is 2.18. The first-order chi connectivity index (χ1) is 8.31. The van der Waals surface area contributed by atoms with E-state index in [0.717, 1.165) is 12.5 Å². The molecule has 2 aromatic rings. The third-order valence-corrected chi connectivity index (χ3v) is 3.54. The van der Waals surface area contributed by atoms with Crippen LogP contribution in [0.2, 0.25) is 0 Å². The second kappa shape index (κ2) is 3.92.